The van der Waals surface area contributed by atoms with E-state index in [0.29, 0.717) is 22.9 Å². The van der Waals surface area contributed by atoms with E-state index in [1.165, 1.54) is 18.2 Å². The molecular weight excluding hydrogens is 384 g/mol. The maximum absolute atomic E-state index is 14.1. The summed E-state index contributed by atoms with van der Waals surface area (Å²) in [6.45, 7) is 0.641. The van der Waals surface area contributed by atoms with Crippen molar-refractivity contribution in [1.29, 1.82) is 0 Å². The number of rotatable bonds is 5. The highest BCUT2D eigenvalue weighted by atomic mass is 35.5. The van der Waals surface area contributed by atoms with Crippen molar-refractivity contribution < 1.29 is 8.78 Å². The van der Waals surface area contributed by atoms with Crippen LogP contribution in [0.15, 0.2) is 77.8 Å². The number of hydrogen-bond donors (Lipinski definition) is 0. The molecule has 0 aliphatic carbocycles. The molecule has 4 aromatic rings. The Kier molecular flexibility index (Phi) is 5.19. The Morgan fingerprint density at radius 3 is 2.44 bits per heavy atom. The molecule has 1 aromatic heterocycles. The zero-order chi connectivity index (χ0) is 18.8. The van der Waals surface area contributed by atoms with E-state index in [2.05, 4.69) is 22.9 Å². The second kappa shape index (κ2) is 7.75. The van der Waals surface area contributed by atoms with Crippen molar-refractivity contribution in [3.8, 4) is 0 Å². The number of hydrogen-bond acceptors (Lipinski definition) is 1. The van der Waals surface area contributed by atoms with Crippen molar-refractivity contribution in [2.24, 2.45) is 0 Å². The third-order valence-corrected chi connectivity index (χ3v) is 5.88. The maximum atomic E-state index is 14.1. The molecule has 0 saturated heterocycles. The molecule has 0 bridgehead atoms. The van der Waals surface area contributed by atoms with Crippen molar-refractivity contribution in [3.63, 3.8) is 0 Å². The fraction of sp³-hybridized carbons (Fsp3) is 0.0909. The van der Waals surface area contributed by atoms with Gasteiger partial charge in [-0.15, -0.1) is 11.8 Å². The summed E-state index contributed by atoms with van der Waals surface area (Å²) in [5.41, 5.74) is 2.62. The molecule has 0 amide bonds. The summed E-state index contributed by atoms with van der Waals surface area (Å²) < 4.78 is 29.3. The first-order valence-electron chi connectivity index (χ1n) is 8.50. The zero-order valence-electron chi connectivity index (χ0n) is 14.3. The first-order valence-corrected chi connectivity index (χ1v) is 9.86. The fourth-order valence-corrected chi connectivity index (χ4v) is 4.50. The summed E-state index contributed by atoms with van der Waals surface area (Å²) in [4.78, 5) is 1.06. The number of fused-ring (bicyclic) bond motifs is 1. The van der Waals surface area contributed by atoms with Crippen molar-refractivity contribution in [1.82, 2.24) is 4.57 Å². The van der Waals surface area contributed by atoms with Crippen LogP contribution < -0.4 is 0 Å². The quantitative estimate of drug-likeness (QED) is 0.330. The van der Waals surface area contributed by atoms with Gasteiger partial charge in [0.2, 0.25) is 0 Å². The van der Waals surface area contributed by atoms with E-state index < -0.39 is 0 Å². The maximum Gasteiger partial charge on any atom is 0.128 e. The number of benzene rings is 3. The Bertz CT molecular complexity index is 1070. The predicted molar refractivity (Wildman–Crippen MR) is 108 cm³/mol. The molecule has 5 heteroatoms. The van der Waals surface area contributed by atoms with Crippen LogP contribution in [-0.4, -0.2) is 4.57 Å². The average molecular weight is 400 g/mol. The Morgan fingerprint density at radius 1 is 0.889 bits per heavy atom. The summed E-state index contributed by atoms with van der Waals surface area (Å²) in [7, 11) is 0. The first kappa shape index (κ1) is 18.1. The van der Waals surface area contributed by atoms with Crippen molar-refractivity contribution in [3.05, 3.63) is 101 Å². The van der Waals surface area contributed by atoms with Gasteiger partial charge in [-0.3, -0.25) is 0 Å². The number of halogens is 3. The number of para-hydroxylation sites is 1. The van der Waals surface area contributed by atoms with E-state index in [9.17, 15) is 8.78 Å². The lowest BCUT2D eigenvalue weighted by Gasteiger charge is -2.05. The minimum absolute atomic E-state index is 0.242. The Hall–Kier alpha value is -2.30. The molecule has 1 nitrogen and oxygen atoms in total. The molecule has 27 heavy (non-hydrogen) atoms. The minimum Gasteiger partial charge on any atom is -0.342 e. The minimum atomic E-state index is -0.287. The van der Waals surface area contributed by atoms with Crippen LogP contribution in [0.1, 0.15) is 11.1 Å². The van der Waals surface area contributed by atoms with Crippen LogP contribution in [0.2, 0.25) is 5.02 Å². The molecule has 0 saturated carbocycles. The SMILES string of the molecule is Fc1ccc(Cn2cc(SCc3c(F)cccc3Cl)c3ccccc32)cc1. The third kappa shape index (κ3) is 3.87. The van der Waals surface area contributed by atoms with E-state index in [4.69, 9.17) is 11.6 Å². The van der Waals surface area contributed by atoms with Gasteiger partial charge in [-0.05, 0) is 35.9 Å². The molecule has 0 aliphatic heterocycles. The van der Waals surface area contributed by atoms with Gasteiger partial charge in [-0.1, -0.05) is 48.0 Å². The van der Waals surface area contributed by atoms with E-state index >= 15 is 0 Å². The van der Waals surface area contributed by atoms with E-state index in [0.717, 1.165) is 21.4 Å². The number of thioether (sulfide) groups is 1. The monoisotopic (exact) mass is 399 g/mol. The van der Waals surface area contributed by atoms with Crippen LogP contribution in [0.3, 0.4) is 0 Å². The van der Waals surface area contributed by atoms with Gasteiger partial charge in [-0.2, -0.15) is 0 Å². The molecule has 4 rings (SSSR count). The van der Waals surface area contributed by atoms with Crippen LogP contribution in [0.4, 0.5) is 8.78 Å². The molecule has 0 radical (unpaired) electrons. The normalized spacial score (nSPS) is 11.2. The standard InChI is InChI=1S/C22H16ClF2NS/c23-19-5-3-6-20(25)18(19)14-27-22-13-26(21-7-2-1-4-17(21)22)12-15-8-10-16(24)11-9-15/h1-11,13H,12,14H2. The second-order valence-electron chi connectivity index (χ2n) is 6.25. The van der Waals surface area contributed by atoms with Gasteiger partial charge in [0.25, 0.3) is 0 Å². The number of nitrogens with zero attached hydrogens (tertiary/aromatic N) is 1. The molecule has 0 atom stereocenters. The lowest BCUT2D eigenvalue weighted by molar-refractivity contribution is 0.617. The topological polar surface area (TPSA) is 4.93 Å². The lowest BCUT2D eigenvalue weighted by Crippen LogP contribution is -1.97. The van der Waals surface area contributed by atoms with E-state index in [1.807, 2.05) is 12.1 Å². The van der Waals surface area contributed by atoms with Gasteiger partial charge in [-0.25, -0.2) is 8.78 Å². The lowest BCUT2D eigenvalue weighted by atomic mass is 10.2. The molecule has 136 valence electrons. The summed E-state index contributed by atoms with van der Waals surface area (Å²) >= 11 is 7.71. The summed E-state index contributed by atoms with van der Waals surface area (Å²) in [5.74, 6) is -0.0741. The fourth-order valence-electron chi connectivity index (χ4n) is 3.07. The van der Waals surface area contributed by atoms with Gasteiger partial charge in [0.05, 0.1) is 0 Å². The molecular formula is C22H16ClF2NS. The van der Waals surface area contributed by atoms with Crippen molar-refractivity contribution >= 4 is 34.3 Å². The molecule has 0 unspecified atom stereocenters. The van der Waals surface area contributed by atoms with Crippen LogP contribution >= 0.6 is 23.4 Å². The Morgan fingerprint density at radius 2 is 1.67 bits per heavy atom. The van der Waals surface area contributed by atoms with Gasteiger partial charge in [0, 0.05) is 44.9 Å². The van der Waals surface area contributed by atoms with Gasteiger partial charge in [0.1, 0.15) is 11.6 Å². The van der Waals surface area contributed by atoms with Crippen LogP contribution in [0.5, 0.6) is 0 Å². The van der Waals surface area contributed by atoms with Crippen LogP contribution in [-0.2, 0) is 12.3 Å². The Balaban J connectivity index is 1.64. The molecule has 1 heterocycles. The van der Waals surface area contributed by atoms with Gasteiger partial charge < -0.3 is 4.57 Å². The third-order valence-electron chi connectivity index (χ3n) is 4.45. The summed E-state index contributed by atoms with van der Waals surface area (Å²) in [6.07, 6.45) is 2.06. The molecule has 0 aliphatic rings. The smallest absolute Gasteiger partial charge is 0.128 e. The van der Waals surface area contributed by atoms with Crippen LogP contribution in [0.25, 0.3) is 10.9 Å². The zero-order valence-corrected chi connectivity index (χ0v) is 15.9. The van der Waals surface area contributed by atoms with Crippen molar-refractivity contribution in [2.45, 2.75) is 17.2 Å². The predicted octanol–water partition coefficient (Wildman–Crippen LogP) is 6.91. The van der Waals surface area contributed by atoms with E-state index in [-0.39, 0.29) is 11.6 Å². The molecule has 0 fully saturated rings. The largest absolute Gasteiger partial charge is 0.342 e. The summed E-state index contributed by atoms with van der Waals surface area (Å²) in [6, 6.07) is 19.4. The van der Waals surface area contributed by atoms with E-state index in [1.54, 1.807) is 36.0 Å². The number of aromatic nitrogens is 1. The highest BCUT2D eigenvalue weighted by Gasteiger charge is 2.12. The van der Waals surface area contributed by atoms with Gasteiger partial charge >= 0.3 is 0 Å². The second-order valence-corrected chi connectivity index (χ2v) is 7.68. The van der Waals surface area contributed by atoms with Crippen LogP contribution in [0, 0.1) is 11.6 Å². The molecule has 3 aromatic carbocycles. The van der Waals surface area contributed by atoms with Gasteiger partial charge in [0.15, 0.2) is 0 Å². The molecule has 0 N–H and O–H groups in total. The van der Waals surface area contributed by atoms with Crippen molar-refractivity contribution in [2.75, 3.05) is 0 Å². The Labute approximate surface area is 165 Å². The molecule has 0 spiro atoms. The summed E-state index contributed by atoms with van der Waals surface area (Å²) in [5, 5.41) is 1.55. The highest BCUT2D eigenvalue weighted by molar-refractivity contribution is 7.98. The average Bonchev–Trinajstić information content (AvgIpc) is 3.01. The first-order chi connectivity index (χ1) is 13.1. The highest BCUT2D eigenvalue weighted by Crippen LogP contribution is 2.34.